The van der Waals surface area contributed by atoms with E-state index in [-0.39, 0.29) is 5.69 Å². The number of H-pyrrole nitrogens is 1. The highest BCUT2D eigenvalue weighted by Crippen LogP contribution is 2.14. The minimum atomic E-state index is -0.424. The van der Waals surface area contributed by atoms with Gasteiger partial charge < -0.3 is 15.4 Å². The monoisotopic (exact) mass is 453 g/mol. The molecule has 0 fully saturated rings. The molecule has 0 bridgehead atoms. The van der Waals surface area contributed by atoms with Gasteiger partial charge in [0.05, 0.1) is 6.10 Å². The molecule has 6 heteroatoms. The summed E-state index contributed by atoms with van der Waals surface area (Å²) in [6.45, 7) is 2.70. The van der Waals surface area contributed by atoms with E-state index >= 15 is 0 Å². The molecular formula is C25H47N3O2S. The van der Waals surface area contributed by atoms with E-state index in [1.807, 2.05) is 11.8 Å². The molecule has 0 saturated carbocycles. The van der Waals surface area contributed by atoms with Crippen LogP contribution >= 0.6 is 11.8 Å². The van der Waals surface area contributed by atoms with Gasteiger partial charge in [0.15, 0.2) is 0 Å². The molecule has 1 heterocycles. The number of aromatic nitrogens is 2. The third-order valence-corrected chi connectivity index (χ3v) is 6.84. The summed E-state index contributed by atoms with van der Waals surface area (Å²) in [5, 5.41) is 13.0. The van der Waals surface area contributed by atoms with Crippen molar-refractivity contribution in [1.29, 1.82) is 0 Å². The first-order valence-electron chi connectivity index (χ1n) is 12.8. The molecule has 0 aliphatic rings. The summed E-state index contributed by atoms with van der Waals surface area (Å²) in [6, 6.07) is 1.69. The Morgan fingerprint density at radius 3 is 1.94 bits per heavy atom. The highest BCUT2D eigenvalue weighted by Gasteiger charge is 2.05. The molecular weight excluding hydrogens is 406 g/mol. The number of anilines is 1. The Balaban J connectivity index is 1.76. The number of hydrogen-bond donors (Lipinski definition) is 3. The van der Waals surface area contributed by atoms with E-state index in [1.165, 1.54) is 103 Å². The van der Waals surface area contributed by atoms with Crippen LogP contribution in [0.2, 0.25) is 0 Å². The lowest BCUT2D eigenvalue weighted by molar-refractivity contribution is 0.213. The first-order valence-corrected chi connectivity index (χ1v) is 13.9. The molecule has 180 valence electrons. The van der Waals surface area contributed by atoms with Gasteiger partial charge in [-0.05, 0) is 18.2 Å². The third-order valence-electron chi connectivity index (χ3n) is 5.64. The lowest BCUT2D eigenvalue weighted by Gasteiger charge is -2.11. The number of thioether (sulfide) groups is 1. The van der Waals surface area contributed by atoms with Gasteiger partial charge in [-0.3, -0.25) is 0 Å². The molecule has 0 aliphatic heterocycles. The van der Waals surface area contributed by atoms with Crippen LogP contribution in [-0.4, -0.2) is 39.2 Å². The lowest BCUT2D eigenvalue weighted by Crippen LogP contribution is -2.23. The molecule has 1 unspecified atom stereocenters. The summed E-state index contributed by atoms with van der Waals surface area (Å²) in [5.41, 5.74) is -0.377. The topological polar surface area (TPSA) is 78.0 Å². The van der Waals surface area contributed by atoms with E-state index in [1.54, 1.807) is 12.3 Å². The predicted molar refractivity (Wildman–Crippen MR) is 136 cm³/mol. The summed E-state index contributed by atoms with van der Waals surface area (Å²) < 4.78 is 0. The zero-order chi connectivity index (χ0) is 22.4. The highest BCUT2D eigenvalue weighted by molar-refractivity contribution is 7.99. The zero-order valence-corrected chi connectivity index (χ0v) is 20.7. The predicted octanol–water partition coefficient (Wildman–Crippen LogP) is 6.54. The van der Waals surface area contributed by atoms with Crippen molar-refractivity contribution in [1.82, 2.24) is 9.97 Å². The van der Waals surface area contributed by atoms with Crippen molar-refractivity contribution < 1.29 is 5.11 Å². The Hall–Kier alpha value is -1.01. The Bertz CT molecular complexity index is 568. The average molecular weight is 454 g/mol. The average Bonchev–Trinajstić information content (AvgIpc) is 2.77. The van der Waals surface area contributed by atoms with Crippen molar-refractivity contribution in [3.63, 3.8) is 0 Å². The van der Waals surface area contributed by atoms with Crippen molar-refractivity contribution in [3.05, 3.63) is 22.7 Å². The number of aliphatic hydroxyl groups excluding tert-OH is 1. The Kier molecular flexibility index (Phi) is 18.9. The van der Waals surface area contributed by atoms with Crippen molar-refractivity contribution in [2.75, 3.05) is 23.4 Å². The van der Waals surface area contributed by atoms with Gasteiger partial charge >= 0.3 is 5.69 Å². The van der Waals surface area contributed by atoms with Crippen molar-refractivity contribution in [2.45, 2.75) is 116 Å². The molecule has 0 aliphatic carbocycles. The van der Waals surface area contributed by atoms with E-state index in [0.717, 1.165) is 11.5 Å². The third kappa shape index (κ3) is 18.3. The minimum Gasteiger partial charge on any atom is -0.390 e. The summed E-state index contributed by atoms with van der Waals surface area (Å²) >= 11 is 1.81. The van der Waals surface area contributed by atoms with Crippen molar-refractivity contribution >= 4 is 17.6 Å². The van der Waals surface area contributed by atoms with Gasteiger partial charge in [-0.25, -0.2) is 4.79 Å². The van der Waals surface area contributed by atoms with E-state index in [2.05, 4.69) is 22.2 Å². The van der Waals surface area contributed by atoms with Crippen LogP contribution in [0.3, 0.4) is 0 Å². The summed E-state index contributed by atoms with van der Waals surface area (Å²) in [5.74, 6) is 2.33. The van der Waals surface area contributed by atoms with Crippen molar-refractivity contribution in [2.24, 2.45) is 0 Å². The molecule has 0 saturated heterocycles. The molecule has 5 nitrogen and oxygen atoms in total. The number of nitrogens with zero attached hydrogens (tertiary/aromatic N) is 1. The molecule has 0 spiro atoms. The summed E-state index contributed by atoms with van der Waals surface area (Å²) in [6.07, 6.45) is 23.4. The van der Waals surface area contributed by atoms with E-state index in [0.29, 0.717) is 12.4 Å². The van der Waals surface area contributed by atoms with Gasteiger partial charge in [-0.1, -0.05) is 103 Å². The van der Waals surface area contributed by atoms with E-state index in [9.17, 15) is 9.90 Å². The molecule has 0 aromatic carbocycles. The molecule has 0 amide bonds. The number of aliphatic hydroxyl groups is 1. The van der Waals surface area contributed by atoms with E-state index in [4.69, 9.17) is 0 Å². The Labute approximate surface area is 194 Å². The molecule has 1 rings (SSSR count). The number of nitrogens with one attached hydrogen (secondary N) is 2. The molecule has 1 atom stereocenters. The standard InChI is InChI=1S/C25H47N3O2S/c1-2-3-4-5-6-7-8-9-10-11-12-13-14-15-16-17-20-31-22-23(29)21-27-24-18-19-26-25(30)28-24/h18-19,23,29H,2-17,20-22H2,1H3,(H2,26,27,28,30). The normalized spacial score (nSPS) is 12.2. The van der Waals surface area contributed by atoms with Gasteiger partial charge in [0.25, 0.3) is 0 Å². The maximum Gasteiger partial charge on any atom is 0.346 e. The van der Waals surface area contributed by atoms with Gasteiger partial charge in [-0.15, -0.1) is 0 Å². The molecule has 3 N–H and O–H groups in total. The summed E-state index contributed by atoms with van der Waals surface area (Å²) in [4.78, 5) is 17.4. The first-order chi connectivity index (χ1) is 15.2. The van der Waals surface area contributed by atoms with Crippen LogP contribution in [0.1, 0.15) is 110 Å². The molecule has 1 aromatic heterocycles. The number of rotatable bonds is 22. The number of aromatic amines is 1. The fraction of sp³-hybridized carbons (Fsp3) is 0.840. The SMILES string of the molecule is CCCCCCCCCCCCCCCCCCSCC(O)CNc1cc[nH]c(=O)n1. The Morgan fingerprint density at radius 1 is 0.903 bits per heavy atom. The maximum atomic E-state index is 11.1. The first kappa shape index (κ1) is 28.0. The number of hydrogen-bond acceptors (Lipinski definition) is 5. The Morgan fingerprint density at radius 2 is 1.42 bits per heavy atom. The summed E-state index contributed by atoms with van der Waals surface area (Å²) in [7, 11) is 0. The fourth-order valence-corrected chi connectivity index (χ4v) is 4.69. The quantitative estimate of drug-likeness (QED) is 0.174. The van der Waals surface area contributed by atoms with Gasteiger partial charge in [-0.2, -0.15) is 16.7 Å². The second-order valence-corrected chi connectivity index (χ2v) is 9.84. The van der Waals surface area contributed by atoms with Crippen LogP contribution in [-0.2, 0) is 0 Å². The smallest absolute Gasteiger partial charge is 0.346 e. The highest BCUT2D eigenvalue weighted by atomic mass is 32.2. The van der Waals surface area contributed by atoms with Crippen LogP contribution in [0.25, 0.3) is 0 Å². The van der Waals surface area contributed by atoms with E-state index < -0.39 is 6.10 Å². The van der Waals surface area contributed by atoms with Gasteiger partial charge in [0.1, 0.15) is 5.82 Å². The molecule has 1 aromatic rings. The lowest BCUT2D eigenvalue weighted by atomic mass is 10.0. The molecule has 31 heavy (non-hydrogen) atoms. The van der Waals surface area contributed by atoms with Crippen LogP contribution in [0.15, 0.2) is 17.1 Å². The second-order valence-electron chi connectivity index (χ2n) is 8.69. The van der Waals surface area contributed by atoms with Crippen LogP contribution in [0.5, 0.6) is 0 Å². The van der Waals surface area contributed by atoms with Gasteiger partial charge in [0, 0.05) is 18.5 Å². The number of unbranched alkanes of at least 4 members (excludes halogenated alkanes) is 15. The van der Waals surface area contributed by atoms with Gasteiger partial charge in [0.2, 0.25) is 0 Å². The maximum absolute atomic E-state index is 11.1. The van der Waals surface area contributed by atoms with Crippen LogP contribution in [0.4, 0.5) is 5.82 Å². The van der Waals surface area contributed by atoms with Crippen molar-refractivity contribution in [3.8, 4) is 0 Å². The molecule has 0 radical (unpaired) electrons. The zero-order valence-electron chi connectivity index (χ0n) is 19.9. The van der Waals surface area contributed by atoms with Crippen LogP contribution < -0.4 is 11.0 Å². The minimum absolute atomic E-state index is 0.377. The fourth-order valence-electron chi connectivity index (χ4n) is 3.72. The largest absolute Gasteiger partial charge is 0.390 e. The second kappa shape index (κ2) is 20.9. The van der Waals surface area contributed by atoms with Crippen LogP contribution in [0, 0.1) is 0 Å².